The summed E-state index contributed by atoms with van der Waals surface area (Å²) in [6.45, 7) is 4.28. The van der Waals surface area contributed by atoms with Gasteiger partial charge in [-0.2, -0.15) is 11.3 Å². The zero-order valence-electron chi connectivity index (χ0n) is 6.78. The zero-order chi connectivity index (χ0) is 7.56. The van der Waals surface area contributed by atoms with Gasteiger partial charge in [0.05, 0.1) is 0 Å². The van der Waals surface area contributed by atoms with Gasteiger partial charge in [0.15, 0.2) is 0 Å². The Hall–Kier alpha value is -0.0500. The molecule has 1 aromatic heterocycles. The molecule has 2 N–H and O–H groups in total. The monoisotopic (exact) mass is 191 g/mol. The Balaban J connectivity index is 0.000001000. The first-order valence-electron chi connectivity index (χ1n) is 3.49. The molecule has 0 amide bonds. The van der Waals surface area contributed by atoms with Crippen molar-refractivity contribution in [3.8, 4) is 0 Å². The van der Waals surface area contributed by atoms with Gasteiger partial charge in [0.2, 0.25) is 0 Å². The van der Waals surface area contributed by atoms with Crippen molar-refractivity contribution in [1.29, 1.82) is 0 Å². The number of halogens is 1. The second-order valence-electron chi connectivity index (χ2n) is 2.83. The quantitative estimate of drug-likeness (QED) is 0.765. The lowest BCUT2D eigenvalue weighted by atomic mass is 10.0. The van der Waals surface area contributed by atoms with Crippen molar-refractivity contribution in [2.75, 3.05) is 0 Å². The second-order valence-corrected chi connectivity index (χ2v) is 3.61. The predicted molar refractivity (Wildman–Crippen MR) is 53.3 cm³/mol. The minimum Gasteiger partial charge on any atom is -0.324 e. The van der Waals surface area contributed by atoms with Gasteiger partial charge >= 0.3 is 0 Å². The average molecular weight is 192 g/mol. The molecule has 3 heteroatoms. The first-order valence-corrected chi connectivity index (χ1v) is 4.43. The van der Waals surface area contributed by atoms with Crippen LogP contribution in [0.3, 0.4) is 0 Å². The first kappa shape index (κ1) is 11.0. The summed E-state index contributed by atoms with van der Waals surface area (Å²) in [4.78, 5) is 0. The largest absolute Gasteiger partial charge is 0.324 e. The SMILES string of the molecule is CC(C)C(N)c1ccsc1.Cl. The van der Waals surface area contributed by atoms with Crippen molar-refractivity contribution in [2.45, 2.75) is 19.9 Å². The highest BCUT2D eigenvalue weighted by molar-refractivity contribution is 7.07. The molecule has 0 spiro atoms. The van der Waals surface area contributed by atoms with Crippen molar-refractivity contribution >= 4 is 23.7 Å². The number of rotatable bonds is 2. The van der Waals surface area contributed by atoms with E-state index in [-0.39, 0.29) is 18.4 Å². The molecule has 1 rings (SSSR count). The Morgan fingerprint density at radius 2 is 2.09 bits per heavy atom. The molecule has 0 saturated carbocycles. The maximum absolute atomic E-state index is 5.89. The van der Waals surface area contributed by atoms with E-state index in [0.29, 0.717) is 5.92 Å². The minimum absolute atomic E-state index is 0. The Morgan fingerprint density at radius 1 is 1.45 bits per heavy atom. The number of hydrogen-bond acceptors (Lipinski definition) is 2. The highest BCUT2D eigenvalue weighted by Gasteiger charge is 2.09. The topological polar surface area (TPSA) is 26.0 Å². The Bertz CT molecular complexity index is 184. The lowest BCUT2D eigenvalue weighted by Crippen LogP contribution is -2.15. The third-order valence-electron chi connectivity index (χ3n) is 1.65. The molecule has 1 unspecified atom stereocenters. The van der Waals surface area contributed by atoms with E-state index in [4.69, 9.17) is 5.73 Å². The Kier molecular flexibility index (Phi) is 4.73. The van der Waals surface area contributed by atoms with Crippen LogP contribution >= 0.6 is 23.7 Å². The third-order valence-corrected chi connectivity index (χ3v) is 2.35. The normalized spacial score (nSPS) is 12.7. The molecule has 1 heterocycles. The molecular weight excluding hydrogens is 178 g/mol. The Morgan fingerprint density at radius 3 is 2.45 bits per heavy atom. The molecule has 0 saturated heterocycles. The lowest BCUT2D eigenvalue weighted by Gasteiger charge is -2.12. The predicted octanol–water partition coefficient (Wildman–Crippen LogP) is 2.83. The molecule has 1 aromatic rings. The lowest BCUT2D eigenvalue weighted by molar-refractivity contribution is 0.515. The van der Waals surface area contributed by atoms with E-state index >= 15 is 0 Å². The fourth-order valence-corrected chi connectivity index (χ4v) is 1.56. The van der Waals surface area contributed by atoms with E-state index in [1.54, 1.807) is 11.3 Å². The summed E-state index contributed by atoms with van der Waals surface area (Å²) in [5.41, 5.74) is 7.15. The van der Waals surface area contributed by atoms with Gasteiger partial charge < -0.3 is 5.73 Å². The van der Waals surface area contributed by atoms with E-state index in [9.17, 15) is 0 Å². The summed E-state index contributed by atoms with van der Waals surface area (Å²) in [5, 5.41) is 4.18. The Labute approximate surface area is 78.0 Å². The van der Waals surface area contributed by atoms with Crippen LogP contribution in [-0.4, -0.2) is 0 Å². The highest BCUT2D eigenvalue weighted by atomic mass is 35.5. The van der Waals surface area contributed by atoms with Crippen LogP contribution in [-0.2, 0) is 0 Å². The summed E-state index contributed by atoms with van der Waals surface area (Å²) in [7, 11) is 0. The van der Waals surface area contributed by atoms with Gasteiger partial charge in [0.1, 0.15) is 0 Å². The van der Waals surface area contributed by atoms with Crippen molar-refractivity contribution in [2.24, 2.45) is 11.7 Å². The number of nitrogens with two attached hydrogens (primary N) is 1. The molecule has 0 aliphatic heterocycles. The minimum atomic E-state index is 0. The molecule has 11 heavy (non-hydrogen) atoms. The molecule has 0 aromatic carbocycles. The third kappa shape index (κ3) is 2.81. The molecule has 0 bridgehead atoms. The van der Waals surface area contributed by atoms with Crippen LogP contribution in [0.2, 0.25) is 0 Å². The first-order chi connectivity index (χ1) is 4.72. The number of thiophene rings is 1. The summed E-state index contributed by atoms with van der Waals surface area (Å²) in [5.74, 6) is 0.537. The highest BCUT2D eigenvalue weighted by Crippen LogP contribution is 2.20. The fourth-order valence-electron chi connectivity index (χ4n) is 0.850. The second kappa shape index (κ2) is 4.75. The van der Waals surface area contributed by atoms with Crippen molar-refractivity contribution < 1.29 is 0 Å². The molecule has 0 aliphatic carbocycles. The molecule has 1 atom stereocenters. The van der Waals surface area contributed by atoms with Crippen LogP contribution in [0.15, 0.2) is 16.8 Å². The van der Waals surface area contributed by atoms with E-state index < -0.39 is 0 Å². The maximum Gasteiger partial charge on any atom is 0.0326 e. The molecular formula is C8H14ClNS. The van der Waals surface area contributed by atoms with Gasteiger partial charge in [-0.3, -0.25) is 0 Å². The van der Waals surface area contributed by atoms with Gasteiger partial charge in [-0.15, -0.1) is 12.4 Å². The molecule has 1 nitrogen and oxygen atoms in total. The molecule has 0 fully saturated rings. The van der Waals surface area contributed by atoms with Gasteiger partial charge in [-0.05, 0) is 28.3 Å². The molecule has 64 valence electrons. The van der Waals surface area contributed by atoms with Gasteiger partial charge in [-0.25, -0.2) is 0 Å². The van der Waals surface area contributed by atoms with E-state index in [2.05, 4.69) is 30.7 Å². The molecule has 0 aliphatic rings. The maximum atomic E-state index is 5.89. The van der Waals surface area contributed by atoms with Gasteiger partial charge in [-0.1, -0.05) is 13.8 Å². The van der Waals surface area contributed by atoms with Crippen molar-refractivity contribution in [1.82, 2.24) is 0 Å². The van der Waals surface area contributed by atoms with E-state index in [1.807, 2.05) is 0 Å². The van der Waals surface area contributed by atoms with Crippen LogP contribution in [0.25, 0.3) is 0 Å². The van der Waals surface area contributed by atoms with Gasteiger partial charge in [0.25, 0.3) is 0 Å². The van der Waals surface area contributed by atoms with Crippen molar-refractivity contribution in [3.05, 3.63) is 22.4 Å². The summed E-state index contributed by atoms with van der Waals surface area (Å²) in [6, 6.07) is 2.31. The van der Waals surface area contributed by atoms with E-state index in [1.165, 1.54) is 5.56 Å². The summed E-state index contributed by atoms with van der Waals surface area (Å²) in [6.07, 6.45) is 0. The zero-order valence-corrected chi connectivity index (χ0v) is 8.41. The van der Waals surface area contributed by atoms with Crippen LogP contribution in [0.5, 0.6) is 0 Å². The van der Waals surface area contributed by atoms with Gasteiger partial charge in [0, 0.05) is 6.04 Å². The fraction of sp³-hybridized carbons (Fsp3) is 0.500. The summed E-state index contributed by atoms with van der Waals surface area (Å²) < 4.78 is 0. The summed E-state index contributed by atoms with van der Waals surface area (Å²) >= 11 is 1.71. The van der Waals surface area contributed by atoms with Crippen molar-refractivity contribution in [3.63, 3.8) is 0 Å². The van der Waals surface area contributed by atoms with Crippen LogP contribution < -0.4 is 5.73 Å². The van der Waals surface area contributed by atoms with E-state index in [0.717, 1.165) is 0 Å². The molecule has 0 radical (unpaired) electrons. The standard InChI is InChI=1S/C8H13NS.ClH/c1-6(2)8(9)7-3-4-10-5-7;/h3-6,8H,9H2,1-2H3;1H. The van der Waals surface area contributed by atoms with Crippen LogP contribution in [0.4, 0.5) is 0 Å². The van der Waals surface area contributed by atoms with Crippen LogP contribution in [0.1, 0.15) is 25.5 Å². The van der Waals surface area contributed by atoms with Crippen LogP contribution in [0, 0.1) is 5.92 Å². The number of hydrogen-bond donors (Lipinski definition) is 1. The smallest absolute Gasteiger partial charge is 0.0326 e. The average Bonchev–Trinajstić information content (AvgIpc) is 2.36.